The lowest BCUT2D eigenvalue weighted by Crippen LogP contribution is -2.42. The van der Waals surface area contributed by atoms with Gasteiger partial charge in [-0.05, 0) is 38.9 Å². The Hall–Kier alpha value is -1.34. The monoisotopic (exact) mass is 371 g/mol. The zero-order chi connectivity index (χ0) is 19.6. The molecular weight excluding hydrogens is 338 g/mol. The molecule has 0 bridgehead atoms. The molecule has 0 aromatic heterocycles. The first-order chi connectivity index (χ1) is 11.2. The minimum absolute atomic E-state index is 0.0932. The molecule has 2 atom stereocenters. The molecule has 0 aliphatic carbocycles. The third kappa shape index (κ3) is 6.15. The molecule has 144 valence electrons. The van der Waals surface area contributed by atoms with Crippen LogP contribution in [0.3, 0.4) is 0 Å². The summed E-state index contributed by atoms with van der Waals surface area (Å²) in [6, 6.07) is -0.330. The number of amides is 1. The molecule has 1 saturated heterocycles. The number of ether oxygens (including phenoxy) is 2. The molecule has 1 fully saturated rings. The number of carbonyl (C=O) groups is 2. The highest BCUT2D eigenvalue weighted by molar-refractivity contribution is 6.74. The van der Waals surface area contributed by atoms with Gasteiger partial charge in [0, 0.05) is 6.08 Å². The minimum Gasteiger partial charge on any atom is -0.466 e. The van der Waals surface area contributed by atoms with Gasteiger partial charge in [-0.3, -0.25) is 4.90 Å². The summed E-state index contributed by atoms with van der Waals surface area (Å²) in [4.78, 5) is 25.3. The zero-order valence-electron chi connectivity index (χ0n) is 17.0. The second kappa shape index (κ2) is 7.49. The smallest absolute Gasteiger partial charge is 0.411 e. The van der Waals surface area contributed by atoms with Crippen molar-refractivity contribution in [1.82, 2.24) is 4.90 Å². The zero-order valence-corrected chi connectivity index (χ0v) is 18.0. The van der Waals surface area contributed by atoms with E-state index in [0.29, 0.717) is 6.61 Å². The summed E-state index contributed by atoms with van der Waals surface area (Å²) in [5.74, 6) is -0.444. The summed E-state index contributed by atoms with van der Waals surface area (Å²) in [5, 5.41) is 0.0932. The molecule has 6 nitrogen and oxygen atoms in total. The van der Waals surface area contributed by atoms with E-state index in [2.05, 4.69) is 38.6 Å². The van der Waals surface area contributed by atoms with E-state index < -0.39 is 26.0 Å². The Morgan fingerprint density at radius 1 is 1.12 bits per heavy atom. The van der Waals surface area contributed by atoms with E-state index in [1.807, 2.05) is 20.8 Å². The summed E-state index contributed by atoms with van der Waals surface area (Å²) in [6.45, 7) is 16.8. The van der Waals surface area contributed by atoms with Crippen molar-refractivity contribution < 1.29 is 23.5 Å². The van der Waals surface area contributed by atoms with E-state index in [1.165, 1.54) is 13.2 Å². The van der Waals surface area contributed by atoms with Gasteiger partial charge in [-0.25, -0.2) is 9.59 Å². The number of hydrogen-bond acceptors (Lipinski definition) is 5. The van der Waals surface area contributed by atoms with Crippen LogP contribution >= 0.6 is 0 Å². The van der Waals surface area contributed by atoms with E-state index in [4.69, 9.17) is 9.16 Å². The number of carbonyl (C=O) groups excluding carboxylic acids is 2. The fourth-order valence-corrected chi connectivity index (χ4v) is 3.05. The van der Waals surface area contributed by atoms with Crippen LogP contribution in [-0.4, -0.2) is 56.7 Å². The van der Waals surface area contributed by atoms with Crippen LogP contribution in [0.25, 0.3) is 0 Å². The first-order valence-corrected chi connectivity index (χ1v) is 11.5. The third-order valence-corrected chi connectivity index (χ3v) is 9.14. The van der Waals surface area contributed by atoms with Crippen molar-refractivity contribution in [2.24, 2.45) is 0 Å². The van der Waals surface area contributed by atoms with E-state index in [1.54, 1.807) is 11.0 Å². The van der Waals surface area contributed by atoms with Crippen LogP contribution < -0.4 is 0 Å². The molecule has 0 aromatic rings. The summed E-state index contributed by atoms with van der Waals surface area (Å²) >= 11 is 0. The Morgan fingerprint density at radius 3 is 2.12 bits per heavy atom. The van der Waals surface area contributed by atoms with Crippen molar-refractivity contribution in [1.29, 1.82) is 0 Å². The van der Waals surface area contributed by atoms with Gasteiger partial charge < -0.3 is 13.9 Å². The van der Waals surface area contributed by atoms with E-state index >= 15 is 0 Å². The van der Waals surface area contributed by atoms with Crippen LogP contribution in [0.5, 0.6) is 0 Å². The molecule has 0 spiro atoms. The lowest BCUT2D eigenvalue weighted by atomic mass is 10.2. The second-order valence-corrected chi connectivity index (χ2v) is 13.7. The van der Waals surface area contributed by atoms with E-state index in [-0.39, 0.29) is 17.1 Å². The first-order valence-electron chi connectivity index (χ1n) is 8.61. The summed E-state index contributed by atoms with van der Waals surface area (Å²) < 4.78 is 16.3. The number of methoxy groups -OCH3 is 1. The normalized spacial score (nSPS) is 21.4. The van der Waals surface area contributed by atoms with E-state index in [0.717, 1.165) is 0 Å². The highest BCUT2D eigenvalue weighted by atomic mass is 28.4. The quantitative estimate of drug-likeness (QED) is 0.319. The Kier molecular flexibility index (Phi) is 6.50. The molecular formula is C18H33NO5Si. The molecule has 0 N–H and O–H groups in total. The Balaban J connectivity index is 2.80. The molecule has 25 heavy (non-hydrogen) atoms. The van der Waals surface area contributed by atoms with Crippen molar-refractivity contribution in [3.63, 3.8) is 0 Å². The Bertz CT molecular complexity index is 531. The molecule has 0 radical (unpaired) electrons. The molecule has 0 saturated carbocycles. The van der Waals surface area contributed by atoms with Crippen molar-refractivity contribution in [3.05, 3.63) is 12.2 Å². The number of nitrogens with zero attached hydrogens (tertiary/aromatic N) is 1. The summed E-state index contributed by atoms with van der Waals surface area (Å²) in [6.07, 6.45) is 2.62. The summed E-state index contributed by atoms with van der Waals surface area (Å²) in [7, 11) is -0.592. The highest BCUT2D eigenvalue weighted by Gasteiger charge is 2.52. The van der Waals surface area contributed by atoms with Gasteiger partial charge in [0.15, 0.2) is 8.32 Å². The van der Waals surface area contributed by atoms with Gasteiger partial charge in [0.25, 0.3) is 0 Å². The average molecular weight is 372 g/mol. The molecule has 0 unspecified atom stereocenters. The highest BCUT2D eigenvalue weighted by Crippen LogP contribution is 2.39. The van der Waals surface area contributed by atoms with Crippen LogP contribution in [0.1, 0.15) is 41.5 Å². The maximum Gasteiger partial charge on any atom is 0.411 e. The standard InChI is InChI=1S/C18H33NO5Si/c1-17(2,3)24-16(21)19-13(10-11-15(20)22-7)14(19)12-23-25(8,9)18(4,5)6/h10-11,13-14H,12H2,1-9H3/b11-10+/t13-,14-,19?/m1/s1. The Morgan fingerprint density at radius 2 is 1.68 bits per heavy atom. The number of rotatable bonds is 5. The van der Waals surface area contributed by atoms with Crippen LogP contribution in [0.15, 0.2) is 12.2 Å². The van der Waals surface area contributed by atoms with Gasteiger partial charge in [-0.15, -0.1) is 0 Å². The third-order valence-electron chi connectivity index (χ3n) is 4.64. The van der Waals surface area contributed by atoms with Gasteiger partial charge in [0.05, 0.1) is 25.8 Å². The molecule has 1 rings (SSSR count). The van der Waals surface area contributed by atoms with Gasteiger partial charge in [0.2, 0.25) is 0 Å². The van der Waals surface area contributed by atoms with Crippen molar-refractivity contribution in [3.8, 4) is 0 Å². The molecule has 7 heteroatoms. The van der Waals surface area contributed by atoms with Crippen molar-refractivity contribution in [2.75, 3.05) is 13.7 Å². The van der Waals surface area contributed by atoms with Crippen LogP contribution in [-0.2, 0) is 18.7 Å². The van der Waals surface area contributed by atoms with Crippen molar-refractivity contribution in [2.45, 2.75) is 77.4 Å². The van der Waals surface area contributed by atoms with Crippen LogP contribution in [0.4, 0.5) is 4.79 Å². The number of hydrogen-bond donors (Lipinski definition) is 0. The molecule has 1 aliphatic heterocycles. The molecule has 0 aromatic carbocycles. The molecule has 1 aliphatic rings. The predicted molar refractivity (Wildman–Crippen MR) is 100.0 cm³/mol. The molecule has 1 amide bonds. The van der Waals surface area contributed by atoms with Gasteiger partial charge >= 0.3 is 12.1 Å². The van der Waals surface area contributed by atoms with Gasteiger partial charge in [-0.2, -0.15) is 0 Å². The first kappa shape index (κ1) is 21.7. The fourth-order valence-electron chi connectivity index (χ4n) is 2.03. The predicted octanol–water partition coefficient (Wildman–Crippen LogP) is 3.73. The van der Waals surface area contributed by atoms with Crippen molar-refractivity contribution >= 4 is 20.4 Å². The molecule has 1 heterocycles. The Labute approximate surface area is 152 Å². The largest absolute Gasteiger partial charge is 0.466 e. The average Bonchev–Trinajstić information content (AvgIpc) is 3.12. The maximum atomic E-state index is 12.4. The second-order valence-electron chi connectivity index (χ2n) is 8.90. The van der Waals surface area contributed by atoms with E-state index in [9.17, 15) is 9.59 Å². The maximum absolute atomic E-state index is 12.4. The van der Waals surface area contributed by atoms with Crippen LogP contribution in [0.2, 0.25) is 18.1 Å². The number of esters is 1. The topological polar surface area (TPSA) is 64.8 Å². The lowest BCUT2D eigenvalue weighted by Gasteiger charge is -2.36. The van der Waals surface area contributed by atoms with Gasteiger partial charge in [0.1, 0.15) is 5.60 Å². The van der Waals surface area contributed by atoms with Gasteiger partial charge in [-0.1, -0.05) is 26.8 Å². The lowest BCUT2D eigenvalue weighted by molar-refractivity contribution is -0.134. The minimum atomic E-state index is -1.91. The van der Waals surface area contributed by atoms with Crippen LogP contribution in [0, 0.1) is 0 Å². The fraction of sp³-hybridized carbons (Fsp3) is 0.778. The summed E-state index contributed by atoms with van der Waals surface area (Å²) in [5.41, 5.74) is -0.568. The SMILES string of the molecule is COC(=O)/C=C/[C@@H]1[C@@H](CO[Si](C)(C)C(C)(C)C)N1C(=O)OC(C)(C)C.